The predicted molar refractivity (Wildman–Crippen MR) is 111 cm³/mol. The number of thiophene rings is 2. The maximum atomic E-state index is 12.7. The lowest BCUT2D eigenvalue weighted by molar-refractivity contribution is 0.0745. The largest absolute Gasteiger partial charge is 0.450 e. The van der Waals surface area contributed by atoms with Crippen LogP contribution >= 0.6 is 22.7 Å². The molecule has 0 fully saturated rings. The van der Waals surface area contributed by atoms with Gasteiger partial charge in [-0.15, -0.1) is 22.7 Å². The Morgan fingerprint density at radius 3 is 2.44 bits per heavy atom. The number of alkyl carbamates (subject to hydrolysis) is 1. The molecule has 2 amide bonds. The Balaban J connectivity index is 1.74. The summed E-state index contributed by atoms with van der Waals surface area (Å²) in [6.45, 7) is 7.48. The molecule has 0 saturated carbocycles. The van der Waals surface area contributed by atoms with Crippen LogP contribution < -0.4 is 5.32 Å². The molecule has 0 aromatic carbocycles. The van der Waals surface area contributed by atoms with Crippen molar-refractivity contribution in [2.45, 2.75) is 52.1 Å². The van der Waals surface area contributed by atoms with Crippen LogP contribution in [0.3, 0.4) is 0 Å². The molecule has 0 aliphatic carbocycles. The number of hydrogen-bond acceptors (Lipinski definition) is 5. The van der Waals surface area contributed by atoms with Gasteiger partial charge >= 0.3 is 6.09 Å². The van der Waals surface area contributed by atoms with Gasteiger partial charge in [-0.05, 0) is 62.9 Å². The van der Waals surface area contributed by atoms with Gasteiger partial charge in [-0.1, -0.05) is 12.1 Å². The molecule has 1 N–H and O–H groups in total. The summed E-state index contributed by atoms with van der Waals surface area (Å²) in [5.74, 6) is 0.0826. The third-order valence-corrected chi connectivity index (χ3v) is 5.45. The number of carbonyl (C=O) groups excluding carboxylic acids is 2. The highest BCUT2D eigenvalue weighted by molar-refractivity contribution is 7.12. The van der Waals surface area contributed by atoms with Gasteiger partial charge in [0.15, 0.2) is 0 Å². The van der Waals surface area contributed by atoms with Crippen molar-refractivity contribution in [3.05, 3.63) is 44.8 Å². The summed E-state index contributed by atoms with van der Waals surface area (Å²) in [4.78, 5) is 28.2. The third-order valence-electron chi connectivity index (χ3n) is 3.73. The highest BCUT2D eigenvalue weighted by Gasteiger charge is 2.17. The molecule has 7 heteroatoms. The summed E-state index contributed by atoms with van der Waals surface area (Å²) in [7, 11) is 0. The van der Waals surface area contributed by atoms with Crippen LogP contribution in [0.4, 0.5) is 4.79 Å². The summed E-state index contributed by atoms with van der Waals surface area (Å²) >= 11 is 3.14. The zero-order chi connectivity index (χ0) is 19.7. The fourth-order valence-electron chi connectivity index (χ4n) is 2.49. The van der Waals surface area contributed by atoms with Crippen molar-refractivity contribution in [3.8, 4) is 0 Å². The Labute approximate surface area is 169 Å². The molecule has 0 atom stereocenters. The van der Waals surface area contributed by atoms with E-state index < -0.39 is 0 Å². The lowest BCUT2D eigenvalue weighted by Crippen LogP contribution is -2.41. The first kappa shape index (κ1) is 21.4. The molecule has 27 heavy (non-hydrogen) atoms. The fraction of sp³-hybridized carbons (Fsp3) is 0.500. The van der Waals surface area contributed by atoms with Crippen LogP contribution in [-0.4, -0.2) is 35.6 Å². The zero-order valence-electron chi connectivity index (χ0n) is 16.2. The highest BCUT2D eigenvalue weighted by atomic mass is 32.1. The Morgan fingerprint density at radius 1 is 1.07 bits per heavy atom. The van der Waals surface area contributed by atoms with E-state index >= 15 is 0 Å². The molecule has 2 rings (SSSR count). The maximum absolute atomic E-state index is 12.7. The quantitative estimate of drug-likeness (QED) is 0.584. The lowest BCUT2D eigenvalue weighted by atomic mass is 10.1. The first-order chi connectivity index (χ1) is 12.8. The summed E-state index contributed by atoms with van der Waals surface area (Å²) in [5, 5.41) is 6.73. The van der Waals surface area contributed by atoms with Crippen molar-refractivity contribution in [2.75, 3.05) is 13.2 Å². The number of carbonyl (C=O) groups is 2. The van der Waals surface area contributed by atoms with Gasteiger partial charge < -0.3 is 15.0 Å². The van der Waals surface area contributed by atoms with Gasteiger partial charge in [-0.3, -0.25) is 4.79 Å². The smallest absolute Gasteiger partial charge is 0.407 e. The molecule has 0 saturated heterocycles. The van der Waals surface area contributed by atoms with Crippen molar-refractivity contribution in [3.63, 3.8) is 0 Å². The summed E-state index contributed by atoms with van der Waals surface area (Å²) in [6.07, 6.45) is 2.20. The van der Waals surface area contributed by atoms with Crippen molar-refractivity contribution in [1.82, 2.24) is 10.2 Å². The monoisotopic (exact) mass is 408 g/mol. The molecule has 0 spiro atoms. The number of unbranched alkanes of at least 4 members (excludes halogenated alkanes) is 2. The highest BCUT2D eigenvalue weighted by Crippen LogP contribution is 2.18. The van der Waals surface area contributed by atoms with Crippen LogP contribution in [-0.2, 0) is 11.3 Å². The average Bonchev–Trinajstić information content (AvgIpc) is 3.27. The van der Waals surface area contributed by atoms with Crippen LogP contribution in [0.2, 0.25) is 0 Å². The number of nitrogens with one attached hydrogen (secondary N) is 1. The van der Waals surface area contributed by atoms with E-state index in [0.717, 1.165) is 24.1 Å². The van der Waals surface area contributed by atoms with E-state index in [0.29, 0.717) is 19.7 Å². The van der Waals surface area contributed by atoms with E-state index in [1.54, 1.807) is 11.3 Å². The second kappa shape index (κ2) is 10.5. The van der Waals surface area contributed by atoms with E-state index in [9.17, 15) is 9.59 Å². The molecule has 0 aliphatic rings. The topological polar surface area (TPSA) is 58.6 Å². The van der Waals surface area contributed by atoms with Crippen LogP contribution in [0.1, 0.15) is 54.6 Å². The predicted octanol–water partition coefficient (Wildman–Crippen LogP) is 5.15. The van der Waals surface area contributed by atoms with Crippen molar-refractivity contribution in [2.24, 2.45) is 0 Å². The molecular weight excluding hydrogens is 380 g/mol. The molecule has 2 heterocycles. The van der Waals surface area contributed by atoms with Gasteiger partial charge in [0.2, 0.25) is 0 Å². The minimum atomic E-state index is -0.380. The third kappa shape index (κ3) is 8.13. The van der Waals surface area contributed by atoms with Crippen molar-refractivity contribution < 1.29 is 14.3 Å². The van der Waals surface area contributed by atoms with Gasteiger partial charge in [0.1, 0.15) is 0 Å². The Morgan fingerprint density at radius 2 is 1.81 bits per heavy atom. The van der Waals surface area contributed by atoms with Crippen LogP contribution in [0, 0.1) is 0 Å². The summed E-state index contributed by atoms with van der Waals surface area (Å²) in [5.41, 5.74) is -0.290. The van der Waals surface area contributed by atoms with Gasteiger partial charge in [0.25, 0.3) is 5.91 Å². The van der Waals surface area contributed by atoms with E-state index in [1.807, 2.05) is 54.6 Å². The van der Waals surface area contributed by atoms with Crippen LogP contribution in [0.25, 0.3) is 0 Å². The number of hydrogen-bond donors (Lipinski definition) is 1. The molecule has 0 aliphatic heterocycles. The Hall–Kier alpha value is -1.86. The van der Waals surface area contributed by atoms with E-state index in [-0.39, 0.29) is 17.5 Å². The first-order valence-corrected chi connectivity index (χ1v) is 10.9. The minimum Gasteiger partial charge on any atom is -0.450 e. The second-order valence-electron chi connectivity index (χ2n) is 7.35. The normalized spacial score (nSPS) is 11.2. The van der Waals surface area contributed by atoms with E-state index in [4.69, 9.17) is 4.74 Å². The first-order valence-electron chi connectivity index (χ1n) is 9.15. The van der Waals surface area contributed by atoms with Gasteiger partial charge in [0.05, 0.1) is 18.0 Å². The number of rotatable bonds is 9. The average molecular weight is 409 g/mol. The van der Waals surface area contributed by atoms with E-state index in [2.05, 4.69) is 11.4 Å². The second-order valence-corrected chi connectivity index (χ2v) is 9.33. The fourth-order valence-corrected chi connectivity index (χ4v) is 3.90. The van der Waals surface area contributed by atoms with Crippen LogP contribution in [0.15, 0.2) is 35.0 Å². The Bertz CT molecular complexity index is 691. The molecule has 0 unspecified atom stereocenters. The standard InChI is InChI=1S/C20H28N2O3S2/c1-20(2,3)21-19(24)25-12-6-4-5-11-22(15-16-9-7-13-26-16)18(23)17-10-8-14-27-17/h7-10,13-14H,4-6,11-12,15H2,1-3H3,(H,21,24). The molecule has 0 bridgehead atoms. The van der Waals surface area contributed by atoms with E-state index in [1.165, 1.54) is 16.2 Å². The number of ether oxygens (including phenoxy) is 1. The summed E-state index contributed by atoms with van der Waals surface area (Å²) in [6, 6.07) is 7.84. The molecule has 5 nitrogen and oxygen atoms in total. The molecule has 0 radical (unpaired) electrons. The van der Waals surface area contributed by atoms with Gasteiger partial charge in [0, 0.05) is 17.0 Å². The molecule has 148 valence electrons. The number of nitrogens with zero attached hydrogens (tertiary/aromatic N) is 1. The molecular formula is C20H28N2O3S2. The Kier molecular flexibility index (Phi) is 8.31. The lowest BCUT2D eigenvalue weighted by Gasteiger charge is -2.22. The van der Waals surface area contributed by atoms with Gasteiger partial charge in [-0.25, -0.2) is 4.79 Å². The van der Waals surface area contributed by atoms with Crippen LogP contribution in [0.5, 0.6) is 0 Å². The molecule has 2 aromatic heterocycles. The zero-order valence-corrected chi connectivity index (χ0v) is 17.8. The maximum Gasteiger partial charge on any atom is 0.407 e. The van der Waals surface area contributed by atoms with Crippen molar-refractivity contribution in [1.29, 1.82) is 0 Å². The molecule has 2 aromatic rings. The van der Waals surface area contributed by atoms with Gasteiger partial charge in [-0.2, -0.15) is 0 Å². The summed E-state index contributed by atoms with van der Waals surface area (Å²) < 4.78 is 5.19. The minimum absolute atomic E-state index is 0.0826. The van der Waals surface area contributed by atoms with Crippen molar-refractivity contribution >= 4 is 34.7 Å². The SMILES string of the molecule is CC(C)(C)NC(=O)OCCCCCN(Cc1cccs1)C(=O)c1cccs1. The number of amides is 2.